The molecule has 1 aromatic carbocycles. The van der Waals surface area contributed by atoms with Gasteiger partial charge in [-0.3, -0.25) is 25.0 Å². The Bertz CT molecular complexity index is 891. The number of esters is 1. The van der Waals surface area contributed by atoms with Crippen LogP contribution in [0.5, 0.6) is 0 Å². The quantitative estimate of drug-likeness (QED) is 0.346. The maximum Gasteiger partial charge on any atom is 0.507 e. The van der Waals surface area contributed by atoms with E-state index in [1.807, 2.05) is 6.07 Å². The summed E-state index contributed by atoms with van der Waals surface area (Å²) in [6.07, 6.45) is 1.71. The number of benzene rings is 1. The smallest absolute Gasteiger partial charge is 0.465 e. The van der Waals surface area contributed by atoms with Crippen LogP contribution < -0.4 is 10.6 Å². The molecule has 5 atom stereocenters. The predicted octanol–water partition coefficient (Wildman–Crippen LogP) is 2.93. The van der Waals surface area contributed by atoms with E-state index < -0.39 is 30.4 Å². The molecule has 3 N–H and O–H groups in total. The Kier molecular flexibility index (Phi) is 8.79. The molecule has 1 saturated heterocycles. The molecule has 4 unspecified atom stereocenters. The Hall–Kier alpha value is -2.78. The predicted molar refractivity (Wildman–Crippen MR) is 123 cm³/mol. The Morgan fingerprint density at radius 1 is 1.21 bits per heavy atom. The number of hydrogen-bond acceptors (Lipinski definition) is 8. The Balaban J connectivity index is 1.71. The van der Waals surface area contributed by atoms with Crippen molar-refractivity contribution in [3.63, 3.8) is 0 Å². The van der Waals surface area contributed by atoms with Crippen molar-refractivity contribution in [3.8, 4) is 0 Å². The molecule has 2 fully saturated rings. The number of carbonyl (C=O) groups excluding carboxylic acids is 3. The first kappa shape index (κ1) is 25.8. The summed E-state index contributed by atoms with van der Waals surface area (Å²) in [6, 6.07) is 7.06. The van der Waals surface area contributed by atoms with Gasteiger partial charge in [0.1, 0.15) is 6.04 Å². The molecule has 1 aliphatic heterocycles. The lowest BCUT2D eigenvalue weighted by Gasteiger charge is -2.41. The van der Waals surface area contributed by atoms with Gasteiger partial charge in [0.05, 0.1) is 12.6 Å². The minimum Gasteiger partial charge on any atom is -0.465 e. The summed E-state index contributed by atoms with van der Waals surface area (Å²) in [5.74, 6) is -1.12. The minimum atomic E-state index is -1.34. The minimum absolute atomic E-state index is 0.0427. The van der Waals surface area contributed by atoms with Crippen LogP contribution in [0.15, 0.2) is 30.3 Å². The van der Waals surface area contributed by atoms with E-state index in [0.29, 0.717) is 24.9 Å². The van der Waals surface area contributed by atoms with Crippen LogP contribution in [0.2, 0.25) is 0 Å². The van der Waals surface area contributed by atoms with Crippen LogP contribution in [0.1, 0.15) is 62.7 Å². The number of hydrogen-bond donors (Lipinski definition) is 3. The van der Waals surface area contributed by atoms with Crippen molar-refractivity contribution in [3.05, 3.63) is 35.9 Å². The molecule has 9 heteroatoms. The highest BCUT2D eigenvalue weighted by molar-refractivity contribution is 5.99. The summed E-state index contributed by atoms with van der Waals surface area (Å²) < 4.78 is 10.1. The van der Waals surface area contributed by atoms with Gasteiger partial charge in [0.15, 0.2) is 17.8 Å². The lowest BCUT2D eigenvalue weighted by Crippen LogP contribution is -2.52. The molecule has 0 bridgehead atoms. The van der Waals surface area contributed by atoms with E-state index in [-0.39, 0.29) is 35.9 Å². The third kappa shape index (κ3) is 6.21. The highest BCUT2D eigenvalue weighted by Gasteiger charge is 2.50. The van der Waals surface area contributed by atoms with Crippen LogP contribution in [-0.4, -0.2) is 60.3 Å². The lowest BCUT2D eigenvalue weighted by atomic mass is 9.63. The van der Waals surface area contributed by atoms with Gasteiger partial charge in [-0.2, -0.15) is 0 Å². The second-order valence-electron chi connectivity index (χ2n) is 9.21. The van der Waals surface area contributed by atoms with E-state index in [0.717, 1.165) is 19.3 Å². The third-order valence-electron chi connectivity index (χ3n) is 6.95. The van der Waals surface area contributed by atoms with Crippen LogP contribution in [0.25, 0.3) is 0 Å². The molecular weight excluding hydrogens is 440 g/mol. The highest BCUT2D eigenvalue weighted by atomic mass is 16.7. The summed E-state index contributed by atoms with van der Waals surface area (Å²) in [6.45, 7) is 4.07. The molecule has 34 heavy (non-hydrogen) atoms. The number of nitrogens with one attached hydrogen (secondary N) is 2. The topological polar surface area (TPSA) is 131 Å². The zero-order valence-electron chi connectivity index (χ0n) is 19.7. The van der Waals surface area contributed by atoms with Gasteiger partial charge in [-0.25, -0.2) is 4.79 Å². The van der Waals surface area contributed by atoms with E-state index in [1.54, 1.807) is 38.1 Å². The first-order chi connectivity index (χ1) is 16.3. The number of ether oxygens (including phenoxy) is 2. The summed E-state index contributed by atoms with van der Waals surface area (Å²) in [5.41, 5.74) is 0.107. The molecule has 0 amide bonds. The maximum atomic E-state index is 13.6. The summed E-state index contributed by atoms with van der Waals surface area (Å²) in [7, 11) is 0. The molecule has 186 valence electrons. The van der Waals surface area contributed by atoms with Gasteiger partial charge in [0.25, 0.3) is 0 Å². The van der Waals surface area contributed by atoms with Crippen LogP contribution in [0.3, 0.4) is 0 Å². The van der Waals surface area contributed by atoms with Crippen LogP contribution >= 0.6 is 0 Å². The number of carbonyl (C=O) groups is 4. The average Bonchev–Trinajstić information content (AvgIpc) is 3.20. The average molecular weight is 475 g/mol. The third-order valence-corrected chi connectivity index (χ3v) is 6.95. The first-order valence-corrected chi connectivity index (χ1v) is 11.9. The summed E-state index contributed by atoms with van der Waals surface area (Å²) in [5, 5.41) is 15.1. The Morgan fingerprint density at radius 2 is 1.94 bits per heavy atom. The second-order valence-corrected chi connectivity index (χ2v) is 9.21. The number of Topliss-reactive ketones (excluding diaryl/α,β-unsaturated/α-hetero) is 2. The fraction of sp³-hybridized carbons (Fsp3) is 0.600. The Morgan fingerprint density at radius 3 is 2.62 bits per heavy atom. The van der Waals surface area contributed by atoms with Crippen molar-refractivity contribution in [2.45, 2.75) is 70.7 Å². The Labute approximate surface area is 199 Å². The van der Waals surface area contributed by atoms with Gasteiger partial charge >= 0.3 is 12.1 Å². The van der Waals surface area contributed by atoms with Crippen LogP contribution in [-0.2, 0) is 19.1 Å². The lowest BCUT2D eigenvalue weighted by molar-refractivity contribution is -0.146. The number of ketones is 2. The molecule has 1 heterocycles. The first-order valence-electron chi connectivity index (χ1n) is 11.9. The maximum absolute atomic E-state index is 13.6. The standard InChI is InChI=1S/C25H34N2O7/c1-3-33-23(30)19(13-20(28)17-9-5-4-6-10-17)27-16(2)22(29)18-11-7-8-12-25(18)14-21(26-15-25)34-24(31)32/h4-6,9-10,16,18-19,21,26-27H,3,7-8,11-15H2,1-2H3,(H,31,32)/t16-,18?,19?,21?,25?/m0/s1. The van der Waals surface area contributed by atoms with Crippen molar-refractivity contribution in [2.24, 2.45) is 11.3 Å². The molecular formula is C25H34N2O7. The van der Waals surface area contributed by atoms with E-state index >= 15 is 0 Å². The molecule has 3 rings (SSSR count). The van der Waals surface area contributed by atoms with Crippen LogP contribution in [0, 0.1) is 11.3 Å². The van der Waals surface area contributed by atoms with E-state index in [4.69, 9.17) is 14.6 Å². The summed E-state index contributed by atoms with van der Waals surface area (Å²) >= 11 is 0. The molecule has 1 aliphatic carbocycles. The SMILES string of the molecule is CCOC(=O)C(CC(=O)c1ccccc1)N[C@@H](C)C(=O)C1CCCCC12CNC(OC(=O)O)C2. The van der Waals surface area contributed by atoms with E-state index in [1.165, 1.54) is 0 Å². The van der Waals surface area contributed by atoms with Crippen molar-refractivity contribution in [2.75, 3.05) is 13.2 Å². The molecule has 9 nitrogen and oxygen atoms in total. The van der Waals surface area contributed by atoms with Crippen molar-refractivity contribution < 1.29 is 33.8 Å². The number of rotatable bonds is 10. The van der Waals surface area contributed by atoms with E-state index in [2.05, 4.69) is 10.6 Å². The van der Waals surface area contributed by atoms with Gasteiger partial charge in [0.2, 0.25) is 0 Å². The van der Waals surface area contributed by atoms with Crippen LogP contribution in [0.4, 0.5) is 4.79 Å². The fourth-order valence-electron chi connectivity index (χ4n) is 5.31. The van der Waals surface area contributed by atoms with Gasteiger partial charge in [-0.1, -0.05) is 43.2 Å². The monoisotopic (exact) mass is 474 g/mol. The molecule has 1 aromatic rings. The largest absolute Gasteiger partial charge is 0.507 e. The van der Waals surface area contributed by atoms with Crippen molar-refractivity contribution in [1.29, 1.82) is 0 Å². The van der Waals surface area contributed by atoms with Gasteiger partial charge < -0.3 is 14.6 Å². The van der Waals surface area contributed by atoms with Gasteiger partial charge in [-0.15, -0.1) is 0 Å². The molecule has 0 aromatic heterocycles. The highest BCUT2D eigenvalue weighted by Crippen LogP contribution is 2.48. The summed E-state index contributed by atoms with van der Waals surface area (Å²) in [4.78, 5) is 49.9. The molecule has 2 aliphatic rings. The van der Waals surface area contributed by atoms with Gasteiger partial charge in [0, 0.05) is 30.9 Å². The zero-order valence-corrected chi connectivity index (χ0v) is 19.7. The van der Waals surface area contributed by atoms with Crippen molar-refractivity contribution >= 4 is 23.7 Å². The normalized spacial score (nSPS) is 25.9. The molecule has 1 spiro atoms. The fourth-order valence-corrected chi connectivity index (χ4v) is 5.31. The molecule has 0 radical (unpaired) electrons. The van der Waals surface area contributed by atoms with Gasteiger partial charge in [-0.05, 0) is 32.1 Å². The number of carboxylic acid groups (broad SMARTS) is 1. The van der Waals surface area contributed by atoms with Crippen molar-refractivity contribution in [1.82, 2.24) is 10.6 Å². The zero-order chi connectivity index (χ0) is 24.7. The van der Waals surface area contributed by atoms with E-state index in [9.17, 15) is 19.2 Å². The second kappa shape index (κ2) is 11.6. The molecule has 1 saturated carbocycles.